The second kappa shape index (κ2) is 8.84. The fourth-order valence-corrected chi connectivity index (χ4v) is 4.15. The smallest absolute Gasteiger partial charge is 0.241 e. The van der Waals surface area contributed by atoms with Gasteiger partial charge in [-0.15, -0.1) is 0 Å². The van der Waals surface area contributed by atoms with E-state index < -0.39 is 0 Å². The quantitative estimate of drug-likeness (QED) is 0.795. The summed E-state index contributed by atoms with van der Waals surface area (Å²) in [7, 11) is 0. The Morgan fingerprint density at radius 1 is 1.36 bits per heavy atom. The van der Waals surface area contributed by atoms with Gasteiger partial charge in [0.1, 0.15) is 0 Å². The zero-order valence-electron chi connectivity index (χ0n) is 16.5. The van der Waals surface area contributed by atoms with Crippen LogP contribution in [0.3, 0.4) is 0 Å². The van der Waals surface area contributed by atoms with Crippen molar-refractivity contribution in [3.63, 3.8) is 0 Å². The van der Waals surface area contributed by atoms with Crippen LogP contribution < -0.4 is 10.6 Å². The van der Waals surface area contributed by atoms with Gasteiger partial charge in [-0.05, 0) is 57.7 Å². The molecule has 1 aromatic heterocycles. The van der Waals surface area contributed by atoms with Crippen molar-refractivity contribution in [3.05, 3.63) is 35.7 Å². The number of carbonyl (C=O) groups is 1. The van der Waals surface area contributed by atoms with Gasteiger partial charge in [-0.3, -0.25) is 9.69 Å². The van der Waals surface area contributed by atoms with E-state index in [0.29, 0.717) is 24.2 Å². The van der Waals surface area contributed by atoms with Gasteiger partial charge in [0, 0.05) is 18.7 Å². The minimum absolute atomic E-state index is 0.00173. The van der Waals surface area contributed by atoms with Gasteiger partial charge in [0.05, 0.1) is 12.6 Å². The van der Waals surface area contributed by atoms with Crippen LogP contribution in [-0.4, -0.2) is 53.2 Å². The van der Waals surface area contributed by atoms with Gasteiger partial charge in [0.25, 0.3) is 0 Å². The van der Waals surface area contributed by atoms with E-state index in [1.807, 2.05) is 12.1 Å². The maximum Gasteiger partial charge on any atom is 0.241 e. The highest BCUT2D eigenvalue weighted by Crippen LogP contribution is 2.20. The topological polar surface area (TPSA) is 83.3 Å². The van der Waals surface area contributed by atoms with Gasteiger partial charge in [0.15, 0.2) is 0 Å². The number of aryl methyl sites for hydroxylation is 1. The van der Waals surface area contributed by atoms with Crippen LogP contribution in [0.25, 0.3) is 11.4 Å². The Bertz CT molecular complexity index is 800. The first-order chi connectivity index (χ1) is 13.7. The van der Waals surface area contributed by atoms with Crippen molar-refractivity contribution in [2.24, 2.45) is 5.92 Å². The molecular formula is C21H29N5O2. The lowest BCUT2D eigenvalue weighted by atomic mass is 9.98. The number of likely N-dealkylation sites (tertiary alicyclic amines) is 1. The first-order valence-corrected chi connectivity index (χ1v) is 10.3. The zero-order valence-corrected chi connectivity index (χ0v) is 16.5. The highest BCUT2D eigenvalue weighted by atomic mass is 16.5. The molecule has 28 heavy (non-hydrogen) atoms. The Morgan fingerprint density at radius 3 is 3.11 bits per heavy atom. The highest BCUT2D eigenvalue weighted by Gasteiger charge is 2.25. The van der Waals surface area contributed by atoms with Crippen LogP contribution in [0.1, 0.15) is 37.1 Å². The highest BCUT2D eigenvalue weighted by molar-refractivity contribution is 5.81. The predicted molar refractivity (Wildman–Crippen MR) is 107 cm³/mol. The molecule has 2 aliphatic heterocycles. The second-order valence-corrected chi connectivity index (χ2v) is 8.02. The molecule has 2 N–H and O–H groups in total. The summed E-state index contributed by atoms with van der Waals surface area (Å²) in [5.41, 5.74) is 2.16. The van der Waals surface area contributed by atoms with Crippen LogP contribution in [0.4, 0.5) is 0 Å². The lowest BCUT2D eigenvalue weighted by Crippen LogP contribution is -2.45. The molecule has 0 aliphatic carbocycles. The summed E-state index contributed by atoms with van der Waals surface area (Å²) in [5, 5.41) is 10.5. The molecule has 0 bridgehead atoms. The van der Waals surface area contributed by atoms with Crippen molar-refractivity contribution in [2.45, 2.75) is 45.2 Å². The number of hydrogen-bond donors (Lipinski definition) is 2. The second-order valence-electron chi connectivity index (χ2n) is 8.02. The van der Waals surface area contributed by atoms with Crippen LogP contribution >= 0.6 is 0 Å². The van der Waals surface area contributed by atoms with Gasteiger partial charge in [-0.25, -0.2) is 0 Å². The Morgan fingerprint density at radius 2 is 2.29 bits per heavy atom. The molecule has 2 unspecified atom stereocenters. The van der Waals surface area contributed by atoms with Crippen molar-refractivity contribution >= 4 is 5.91 Å². The number of nitrogens with zero attached hydrogens (tertiary/aromatic N) is 3. The lowest BCUT2D eigenvalue weighted by Gasteiger charge is -2.32. The normalized spacial score (nSPS) is 23.0. The monoisotopic (exact) mass is 383 g/mol. The molecule has 0 spiro atoms. The van der Waals surface area contributed by atoms with E-state index in [2.05, 4.69) is 44.7 Å². The van der Waals surface area contributed by atoms with Crippen LogP contribution in [0.2, 0.25) is 0 Å². The molecule has 2 aromatic rings. The average molecular weight is 383 g/mol. The predicted octanol–water partition coefficient (Wildman–Crippen LogP) is 2.13. The van der Waals surface area contributed by atoms with E-state index in [1.54, 1.807) is 0 Å². The Balaban J connectivity index is 1.28. The number of hydrogen-bond acceptors (Lipinski definition) is 6. The summed E-state index contributed by atoms with van der Waals surface area (Å²) in [6.45, 7) is 6.38. The first kappa shape index (κ1) is 19.1. The average Bonchev–Trinajstić information content (AvgIpc) is 3.39. The van der Waals surface area contributed by atoms with Crippen LogP contribution in [0, 0.1) is 12.8 Å². The van der Waals surface area contributed by atoms with Crippen LogP contribution in [0.15, 0.2) is 28.8 Å². The molecule has 2 atom stereocenters. The third kappa shape index (κ3) is 4.77. The van der Waals surface area contributed by atoms with E-state index in [1.165, 1.54) is 5.56 Å². The molecule has 2 saturated heterocycles. The molecule has 7 nitrogen and oxygen atoms in total. The van der Waals surface area contributed by atoms with Crippen molar-refractivity contribution < 1.29 is 9.32 Å². The Kier molecular flexibility index (Phi) is 6.02. The molecule has 1 aromatic carbocycles. The van der Waals surface area contributed by atoms with Crippen molar-refractivity contribution in [1.29, 1.82) is 0 Å². The maximum atomic E-state index is 12.2. The van der Waals surface area contributed by atoms with Gasteiger partial charge < -0.3 is 15.2 Å². The van der Waals surface area contributed by atoms with E-state index in [-0.39, 0.29) is 11.9 Å². The van der Waals surface area contributed by atoms with Crippen molar-refractivity contribution in [1.82, 2.24) is 25.7 Å². The number of nitrogens with one attached hydrogen (secondary N) is 2. The standard InChI is InChI=1S/C21H29N5O2/c1-15-5-2-7-17(11-15)20-24-19(28-25-20)14-26-10-4-6-16(13-26)12-23-21(27)18-8-3-9-22-18/h2,5,7,11,16,18,22H,3-4,6,8-10,12-14H2,1H3,(H,23,27). The van der Waals surface area contributed by atoms with Gasteiger partial charge >= 0.3 is 0 Å². The third-order valence-electron chi connectivity index (χ3n) is 5.65. The summed E-state index contributed by atoms with van der Waals surface area (Å²) in [6, 6.07) is 8.12. The number of piperidine rings is 1. The Hall–Kier alpha value is -2.25. The molecule has 3 heterocycles. The number of benzene rings is 1. The SMILES string of the molecule is Cc1cccc(-c2noc(CN3CCCC(CNC(=O)C4CCCN4)C3)n2)c1. The summed E-state index contributed by atoms with van der Waals surface area (Å²) in [4.78, 5) is 19.1. The van der Waals surface area contributed by atoms with E-state index >= 15 is 0 Å². The van der Waals surface area contributed by atoms with Crippen molar-refractivity contribution in [2.75, 3.05) is 26.2 Å². The van der Waals surface area contributed by atoms with E-state index in [9.17, 15) is 4.79 Å². The maximum absolute atomic E-state index is 12.2. The van der Waals surface area contributed by atoms with Crippen molar-refractivity contribution in [3.8, 4) is 11.4 Å². The molecule has 150 valence electrons. The molecule has 4 rings (SSSR count). The molecular weight excluding hydrogens is 354 g/mol. The molecule has 0 radical (unpaired) electrons. The Labute approximate surface area is 165 Å². The molecule has 0 saturated carbocycles. The lowest BCUT2D eigenvalue weighted by molar-refractivity contribution is -0.123. The summed E-state index contributed by atoms with van der Waals surface area (Å²) in [5.74, 6) is 1.91. The summed E-state index contributed by atoms with van der Waals surface area (Å²) in [6.07, 6.45) is 4.31. The van der Waals surface area contributed by atoms with Gasteiger partial charge in [-0.2, -0.15) is 4.98 Å². The third-order valence-corrected chi connectivity index (χ3v) is 5.65. The molecule has 2 fully saturated rings. The fourth-order valence-electron chi connectivity index (χ4n) is 4.15. The number of aromatic nitrogens is 2. The van der Waals surface area contributed by atoms with Gasteiger partial charge in [0.2, 0.25) is 17.6 Å². The van der Waals surface area contributed by atoms with Gasteiger partial charge in [-0.1, -0.05) is 28.9 Å². The van der Waals surface area contributed by atoms with Crippen LogP contribution in [0.5, 0.6) is 0 Å². The fraction of sp³-hybridized carbons (Fsp3) is 0.571. The number of rotatable bonds is 6. The number of amides is 1. The van der Waals surface area contributed by atoms with E-state index in [4.69, 9.17) is 4.52 Å². The molecule has 7 heteroatoms. The summed E-state index contributed by atoms with van der Waals surface area (Å²) >= 11 is 0. The minimum atomic E-state index is -0.00173. The van der Waals surface area contributed by atoms with Crippen LogP contribution in [-0.2, 0) is 11.3 Å². The zero-order chi connectivity index (χ0) is 19.3. The molecule has 1 amide bonds. The largest absolute Gasteiger partial charge is 0.354 e. The minimum Gasteiger partial charge on any atom is -0.354 e. The summed E-state index contributed by atoms with van der Waals surface area (Å²) < 4.78 is 5.48. The van der Waals surface area contributed by atoms with E-state index in [0.717, 1.165) is 57.4 Å². The number of carbonyl (C=O) groups excluding carboxylic acids is 1. The first-order valence-electron chi connectivity index (χ1n) is 10.3. The molecule has 2 aliphatic rings.